The molecule has 220 valence electrons. The summed E-state index contributed by atoms with van der Waals surface area (Å²) in [6.07, 6.45) is -0.122. The first kappa shape index (κ1) is 28.2. The van der Waals surface area contributed by atoms with E-state index in [-0.39, 0.29) is 35.7 Å². The molecular formula is C31H32F3N5O3. The van der Waals surface area contributed by atoms with E-state index in [4.69, 9.17) is 4.74 Å². The fourth-order valence-corrected chi connectivity index (χ4v) is 6.66. The first-order chi connectivity index (χ1) is 20.0. The number of nitrogens with zero attached hydrogens (tertiary/aromatic N) is 5. The van der Waals surface area contributed by atoms with Gasteiger partial charge in [0.15, 0.2) is 5.82 Å². The maximum atomic E-state index is 14.0. The summed E-state index contributed by atoms with van der Waals surface area (Å²) < 4.78 is 49.7. The van der Waals surface area contributed by atoms with E-state index < -0.39 is 35.1 Å². The van der Waals surface area contributed by atoms with Gasteiger partial charge in [0.05, 0.1) is 28.5 Å². The van der Waals surface area contributed by atoms with E-state index >= 15 is 0 Å². The molecule has 0 bridgehead atoms. The van der Waals surface area contributed by atoms with E-state index in [9.17, 15) is 28.3 Å². The largest absolute Gasteiger partial charge is 0.511 e. The molecule has 2 saturated carbocycles. The number of ether oxygens (including phenoxy) is 1. The SMILES string of the molecule is Cc1cc(C)n2nc(CC3=C(O)C(CCc4ccc(C5(C#N)CC5)c(C(F)(F)F)c4)C(C4CCCC4)OC3=O)nc2n1. The lowest BCUT2D eigenvalue weighted by Crippen LogP contribution is -2.40. The zero-order valence-electron chi connectivity index (χ0n) is 23.5. The van der Waals surface area contributed by atoms with Crippen LogP contribution in [0.1, 0.15) is 78.8 Å². The average Bonchev–Trinajstić information content (AvgIpc) is 3.33. The molecule has 3 aliphatic rings. The Kier molecular flexibility index (Phi) is 6.98. The van der Waals surface area contributed by atoms with Gasteiger partial charge >= 0.3 is 12.1 Å². The molecule has 1 N–H and O–H groups in total. The van der Waals surface area contributed by atoms with Gasteiger partial charge in [0.25, 0.3) is 5.78 Å². The van der Waals surface area contributed by atoms with Crippen LogP contribution >= 0.6 is 0 Å². The normalized spacial score (nSPS) is 22.4. The number of fused-ring (bicyclic) bond motifs is 1. The Morgan fingerprint density at radius 3 is 2.57 bits per heavy atom. The molecule has 6 rings (SSSR count). The predicted molar refractivity (Wildman–Crippen MR) is 145 cm³/mol. The minimum Gasteiger partial charge on any atom is -0.511 e. The number of aliphatic hydroxyl groups excluding tert-OH is 1. The number of hydrogen-bond donors (Lipinski definition) is 1. The molecule has 2 atom stereocenters. The molecule has 0 saturated heterocycles. The Labute approximate surface area is 241 Å². The molecular weight excluding hydrogens is 547 g/mol. The molecule has 2 unspecified atom stereocenters. The summed E-state index contributed by atoms with van der Waals surface area (Å²) in [5.41, 5.74) is 0.306. The van der Waals surface area contributed by atoms with Crippen LogP contribution in [0.4, 0.5) is 13.2 Å². The Morgan fingerprint density at radius 2 is 1.90 bits per heavy atom. The summed E-state index contributed by atoms with van der Waals surface area (Å²) in [4.78, 5) is 22.0. The Hall–Kier alpha value is -3.94. The lowest BCUT2D eigenvalue weighted by atomic mass is 9.80. The van der Waals surface area contributed by atoms with Gasteiger partial charge in [-0.05, 0) is 81.5 Å². The van der Waals surface area contributed by atoms with E-state index in [0.717, 1.165) is 43.1 Å². The van der Waals surface area contributed by atoms with Crippen LogP contribution in [0.15, 0.2) is 35.6 Å². The van der Waals surface area contributed by atoms with Crippen LogP contribution in [0.3, 0.4) is 0 Å². The summed E-state index contributed by atoms with van der Waals surface area (Å²) >= 11 is 0. The molecule has 0 radical (unpaired) electrons. The number of aryl methyl sites for hydroxylation is 3. The van der Waals surface area contributed by atoms with Gasteiger partial charge in [-0.1, -0.05) is 25.0 Å². The summed E-state index contributed by atoms with van der Waals surface area (Å²) in [6.45, 7) is 3.72. The topological polar surface area (TPSA) is 113 Å². The molecule has 1 aromatic carbocycles. The Morgan fingerprint density at radius 1 is 1.17 bits per heavy atom. The van der Waals surface area contributed by atoms with Crippen molar-refractivity contribution in [3.05, 3.63) is 69.5 Å². The molecule has 0 amide bonds. The fourth-order valence-electron chi connectivity index (χ4n) is 6.66. The number of cyclic esters (lactones) is 1. The standard InChI is InChI=1S/C31H32F3N5O3/c1-17-13-18(2)39-29(36-17)37-25(38-39)15-22-26(40)21(27(42-28(22)41)20-5-3-4-6-20)9-7-19-8-10-23(30(16-35)11-12-30)24(14-19)31(32,33)34/h8,10,13-14,20-21,27,40H,3-7,9,11-12,15H2,1-2H3. The Balaban J connectivity index is 1.30. The first-order valence-electron chi connectivity index (χ1n) is 14.4. The van der Waals surface area contributed by atoms with Crippen molar-refractivity contribution in [2.75, 3.05) is 0 Å². The molecule has 2 aromatic heterocycles. The number of benzene rings is 1. The van der Waals surface area contributed by atoms with Crippen molar-refractivity contribution in [1.29, 1.82) is 5.26 Å². The summed E-state index contributed by atoms with van der Waals surface area (Å²) in [7, 11) is 0. The second-order valence-corrected chi connectivity index (χ2v) is 12.0. The number of aliphatic hydroxyl groups is 1. The monoisotopic (exact) mass is 579 g/mol. The third kappa shape index (κ3) is 5.12. The molecule has 0 spiro atoms. The van der Waals surface area contributed by atoms with E-state index in [1.54, 1.807) is 10.6 Å². The third-order valence-electron chi connectivity index (χ3n) is 9.02. The van der Waals surface area contributed by atoms with Gasteiger partial charge in [-0.15, -0.1) is 5.10 Å². The predicted octanol–water partition coefficient (Wildman–Crippen LogP) is 6.03. The van der Waals surface area contributed by atoms with Crippen LogP contribution < -0.4 is 0 Å². The van der Waals surface area contributed by atoms with Crippen LogP contribution in [0.2, 0.25) is 0 Å². The maximum Gasteiger partial charge on any atom is 0.416 e. The maximum absolute atomic E-state index is 14.0. The minimum atomic E-state index is -4.59. The average molecular weight is 580 g/mol. The van der Waals surface area contributed by atoms with E-state index in [2.05, 4.69) is 21.1 Å². The van der Waals surface area contributed by atoms with Crippen molar-refractivity contribution in [2.24, 2.45) is 11.8 Å². The molecule has 2 aliphatic carbocycles. The molecule has 3 heterocycles. The van der Waals surface area contributed by atoms with Crippen molar-refractivity contribution in [3.63, 3.8) is 0 Å². The fraction of sp³-hybridized carbons (Fsp3) is 0.516. The number of hydrogen-bond acceptors (Lipinski definition) is 7. The van der Waals surface area contributed by atoms with E-state index in [1.807, 2.05) is 19.9 Å². The number of alkyl halides is 3. The number of aromatic nitrogens is 4. The summed E-state index contributed by atoms with van der Waals surface area (Å²) in [5, 5.41) is 25.5. The van der Waals surface area contributed by atoms with E-state index in [1.165, 1.54) is 6.07 Å². The first-order valence-corrected chi connectivity index (χ1v) is 14.4. The van der Waals surface area contributed by atoms with Crippen molar-refractivity contribution in [1.82, 2.24) is 19.6 Å². The van der Waals surface area contributed by atoms with Crippen LogP contribution in [-0.2, 0) is 34.0 Å². The van der Waals surface area contributed by atoms with Gasteiger partial charge < -0.3 is 9.84 Å². The third-order valence-corrected chi connectivity index (χ3v) is 9.02. The van der Waals surface area contributed by atoms with Crippen LogP contribution in [0, 0.1) is 37.0 Å². The highest BCUT2D eigenvalue weighted by atomic mass is 19.4. The van der Waals surface area contributed by atoms with Crippen LogP contribution in [0.25, 0.3) is 5.78 Å². The zero-order chi connectivity index (χ0) is 29.8. The number of nitriles is 1. The lowest BCUT2D eigenvalue weighted by Gasteiger charge is -2.35. The number of carbonyl (C=O) groups excluding carboxylic acids is 1. The second kappa shape index (κ2) is 10.4. The van der Waals surface area contributed by atoms with Crippen LogP contribution in [-0.4, -0.2) is 36.8 Å². The van der Waals surface area contributed by atoms with Crippen molar-refractivity contribution >= 4 is 11.7 Å². The molecule has 2 fully saturated rings. The molecule has 42 heavy (non-hydrogen) atoms. The Bertz CT molecular complexity index is 1630. The smallest absolute Gasteiger partial charge is 0.416 e. The van der Waals surface area contributed by atoms with Crippen molar-refractivity contribution in [2.45, 2.75) is 89.3 Å². The number of carbonyl (C=O) groups is 1. The number of halogens is 3. The van der Waals surface area contributed by atoms with Crippen molar-refractivity contribution < 1.29 is 27.8 Å². The zero-order valence-corrected chi connectivity index (χ0v) is 23.5. The van der Waals surface area contributed by atoms with Crippen LogP contribution in [0.5, 0.6) is 0 Å². The van der Waals surface area contributed by atoms with E-state index in [0.29, 0.717) is 36.4 Å². The van der Waals surface area contributed by atoms with Gasteiger partial charge in [-0.2, -0.15) is 23.4 Å². The summed E-state index contributed by atoms with van der Waals surface area (Å²) in [5.74, 6) is -0.510. The van der Waals surface area contributed by atoms with Gasteiger partial charge in [0.1, 0.15) is 11.9 Å². The van der Waals surface area contributed by atoms with Gasteiger partial charge in [-0.3, -0.25) is 0 Å². The number of esters is 1. The highest BCUT2D eigenvalue weighted by Gasteiger charge is 2.50. The number of rotatable bonds is 7. The van der Waals surface area contributed by atoms with Gasteiger partial charge in [0, 0.05) is 17.8 Å². The highest BCUT2D eigenvalue weighted by molar-refractivity contribution is 5.90. The van der Waals surface area contributed by atoms with Gasteiger partial charge in [0.2, 0.25) is 0 Å². The summed E-state index contributed by atoms with van der Waals surface area (Å²) in [6, 6.07) is 8.13. The molecule has 3 aromatic rings. The second-order valence-electron chi connectivity index (χ2n) is 12.0. The molecule has 1 aliphatic heterocycles. The highest BCUT2D eigenvalue weighted by Crippen LogP contribution is 2.51. The quantitative estimate of drug-likeness (QED) is 0.340. The molecule has 8 nitrogen and oxygen atoms in total. The molecule has 11 heteroatoms. The minimum absolute atomic E-state index is 0.0292. The van der Waals surface area contributed by atoms with Gasteiger partial charge in [-0.25, -0.2) is 14.3 Å². The lowest BCUT2D eigenvalue weighted by molar-refractivity contribution is -0.154. The van der Waals surface area contributed by atoms with Crippen molar-refractivity contribution in [3.8, 4) is 6.07 Å².